The van der Waals surface area contributed by atoms with E-state index in [1.54, 1.807) is 0 Å². The molecule has 0 radical (unpaired) electrons. The molecule has 3 N–H and O–H groups in total. The molecule has 7 heteroatoms. The van der Waals surface area contributed by atoms with E-state index in [0.717, 1.165) is 22.3 Å². The Hall–Kier alpha value is -3.07. The zero-order valence-corrected chi connectivity index (χ0v) is 22.5. The van der Waals surface area contributed by atoms with Crippen LogP contribution in [0.1, 0.15) is 61.5 Å². The molecule has 1 aliphatic rings. The topological polar surface area (TPSA) is 91.3 Å². The number of nitrogens with zero attached hydrogens (tertiary/aromatic N) is 1. The van der Waals surface area contributed by atoms with Crippen molar-refractivity contribution < 1.29 is 24.5 Å². The molecule has 3 aromatic carbocycles. The summed E-state index contributed by atoms with van der Waals surface area (Å²) in [5.41, 5.74) is 4.31. The molecule has 0 unspecified atom stereocenters. The van der Waals surface area contributed by atoms with Gasteiger partial charge in [0.25, 0.3) is 0 Å². The summed E-state index contributed by atoms with van der Waals surface area (Å²) in [5, 5.41) is 23.3. The van der Waals surface area contributed by atoms with Gasteiger partial charge >= 0.3 is 0 Å². The van der Waals surface area contributed by atoms with Gasteiger partial charge in [-0.25, -0.2) is 0 Å². The maximum Gasteiger partial charge on any atom is 0.221 e. The summed E-state index contributed by atoms with van der Waals surface area (Å²) in [6, 6.07) is 24.9. The molecule has 0 spiro atoms. The van der Waals surface area contributed by atoms with E-state index in [1.807, 2.05) is 92.8 Å². The average Bonchev–Trinajstić information content (AvgIpc) is 2.94. The summed E-state index contributed by atoms with van der Waals surface area (Å²) >= 11 is 0. The van der Waals surface area contributed by atoms with Crippen LogP contribution in [0.15, 0.2) is 78.9 Å². The van der Waals surface area contributed by atoms with E-state index in [2.05, 4.69) is 17.1 Å². The zero-order chi connectivity index (χ0) is 27.2. The Kier molecular flexibility index (Phi) is 9.31. The fourth-order valence-electron chi connectivity index (χ4n) is 4.87. The van der Waals surface area contributed by atoms with Gasteiger partial charge in [-0.15, -0.1) is 0 Å². The summed E-state index contributed by atoms with van der Waals surface area (Å²) in [7, 11) is 2.00. The van der Waals surface area contributed by atoms with Gasteiger partial charge in [-0.1, -0.05) is 73.7 Å². The Balaban J connectivity index is 1.56. The Morgan fingerprint density at radius 3 is 2.21 bits per heavy atom. The van der Waals surface area contributed by atoms with Crippen molar-refractivity contribution in [3.8, 4) is 0 Å². The quantitative estimate of drug-likeness (QED) is 0.370. The normalized spacial score (nSPS) is 23.1. The van der Waals surface area contributed by atoms with Gasteiger partial charge in [-0.3, -0.25) is 9.69 Å². The molecule has 1 heterocycles. The molecule has 38 heavy (non-hydrogen) atoms. The first-order valence-corrected chi connectivity index (χ1v) is 13.1. The second-order valence-corrected chi connectivity index (χ2v) is 10.2. The van der Waals surface area contributed by atoms with Crippen LogP contribution in [0, 0.1) is 5.92 Å². The number of nitrogens with one attached hydrogen (secondary N) is 1. The first-order chi connectivity index (χ1) is 18.3. The smallest absolute Gasteiger partial charge is 0.221 e. The number of ether oxygens (including phenoxy) is 2. The number of aliphatic hydroxyl groups excluding tert-OH is 2. The molecule has 7 nitrogen and oxygen atoms in total. The second-order valence-electron chi connectivity index (χ2n) is 10.2. The molecule has 1 fully saturated rings. The number of benzene rings is 3. The molecule has 0 saturated carbocycles. The van der Waals surface area contributed by atoms with Crippen LogP contribution in [-0.4, -0.2) is 46.8 Å². The molecule has 4 rings (SSSR count). The monoisotopic (exact) mass is 518 g/mol. The Morgan fingerprint density at radius 1 is 0.974 bits per heavy atom. The van der Waals surface area contributed by atoms with E-state index < -0.39 is 12.4 Å². The van der Waals surface area contributed by atoms with Gasteiger partial charge in [-0.2, -0.15) is 0 Å². The lowest BCUT2D eigenvalue weighted by Gasteiger charge is -2.43. The van der Waals surface area contributed by atoms with Gasteiger partial charge in [-0.05, 0) is 42.8 Å². The average molecular weight is 519 g/mol. The molecule has 1 saturated heterocycles. The van der Waals surface area contributed by atoms with E-state index in [4.69, 9.17) is 9.47 Å². The van der Waals surface area contributed by atoms with Gasteiger partial charge in [0.15, 0.2) is 6.29 Å². The minimum Gasteiger partial charge on any atom is -0.392 e. The molecular formula is C31H38N2O5. The van der Waals surface area contributed by atoms with Crippen LogP contribution < -0.4 is 5.32 Å². The van der Waals surface area contributed by atoms with Crippen molar-refractivity contribution in [3.05, 3.63) is 101 Å². The SMILES string of the molecule is CC(=O)Nc1ccc([C@@H]2O[C@H](CN(C)[C@@H](C)[C@H](O)c3ccccc3)[C@H](C)[C@H](c3ccc(CO)cc3)O2)cc1. The number of aliphatic hydroxyl groups is 2. The molecule has 0 aromatic heterocycles. The summed E-state index contributed by atoms with van der Waals surface area (Å²) in [6.07, 6.45) is -1.64. The number of anilines is 1. The molecule has 202 valence electrons. The lowest BCUT2D eigenvalue weighted by molar-refractivity contribution is -0.276. The van der Waals surface area contributed by atoms with Crippen LogP contribution in [-0.2, 0) is 20.9 Å². The standard InChI is InChI=1S/C31H38N2O5/c1-20-28(18-33(4)21(2)29(36)24-8-6-5-7-9-24)37-31(26-14-16-27(17-15-26)32-22(3)35)38-30(20)25-12-10-23(19-34)11-13-25/h5-17,20-21,28-31,34,36H,18-19H2,1-4H3,(H,32,35)/t20-,21-,28+,29-,30+,31+/m0/s1. The number of carbonyl (C=O) groups is 1. The number of likely N-dealkylation sites (N-methyl/N-ethyl adjacent to an activating group) is 1. The number of hydrogen-bond acceptors (Lipinski definition) is 6. The van der Waals surface area contributed by atoms with Gasteiger partial charge in [0.05, 0.1) is 24.9 Å². The van der Waals surface area contributed by atoms with Crippen molar-refractivity contribution in [2.24, 2.45) is 5.92 Å². The molecule has 6 atom stereocenters. The third-order valence-electron chi connectivity index (χ3n) is 7.39. The van der Waals surface area contributed by atoms with Crippen molar-refractivity contribution in [1.29, 1.82) is 0 Å². The van der Waals surface area contributed by atoms with E-state index in [9.17, 15) is 15.0 Å². The van der Waals surface area contributed by atoms with Crippen LogP contribution in [0.2, 0.25) is 0 Å². The number of rotatable bonds is 9. The minimum absolute atomic E-state index is 0.0111. The highest BCUT2D eigenvalue weighted by atomic mass is 16.7. The van der Waals surface area contributed by atoms with E-state index in [-0.39, 0.29) is 36.7 Å². The highest BCUT2D eigenvalue weighted by Crippen LogP contribution is 2.42. The predicted octanol–water partition coefficient (Wildman–Crippen LogP) is 4.98. The summed E-state index contributed by atoms with van der Waals surface area (Å²) in [4.78, 5) is 13.6. The summed E-state index contributed by atoms with van der Waals surface area (Å²) < 4.78 is 13.1. The number of amides is 1. The number of carbonyl (C=O) groups excluding carboxylic acids is 1. The Bertz CT molecular complexity index is 1170. The van der Waals surface area contributed by atoms with E-state index in [1.165, 1.54) is 6.92 Å². The first-order valence-electron chi connectivity index (χ1n) is 13.1. The van der Waals surface area contributed by atoms with Gasteiger partial charge in [0, 0.05) is 36.7 Å². The second kappa shape index (κ2) is 12.7. The van der Waals surface area contributed by atoms with Crippen molar-refractivity contribution in [1.82, 2.24) is 4.90 Å². The van der Waals surface area contributed by atoms with Crippen LogP contribution in [0.5, 0.6) is 0 Å². The maximum absolute atomic E-state index is 11.4. The van der Waals surface area contributed by atoms with Gasteiger partial charge in [0.1, 0.15) is 0 Å². The van der Waals surface area contributed by atoms with E-state index in [0.29, 0.717) is 12.2 Å². The van der Waals surface area contributed by atoms with Crippen LogP contribution in [0.4, 0.5) is 5.69 Å². The largest absolute Gasteiger partial charge is 0.392 e. The van der Waals surface area contributed by atoms with Crippen LogP contribution in [0.3, 0.4) is 0 Å². The van der Waals surface area contributed by atoms with Crippen molar-refractivity contribution in [3.63, 3.8) is 0 Å². The summed E-state index contributed by atoms with van der Waals surface area (Å²) in [6.45, 7) is 6.21. The lowest BCUT2D eigenvalue weighted by Crippen LogP contribution is -2.46. The summed E-state index contributed by atoms with van der Waals surface area (Å²) in [5.74, 6) is -0.105. The molecular weight excluding hydrogens is 480 g/mol. The van der Waals surface area contributed by atoms with Crippen LogP contribution in [0.25, 0.3) is 0 Å². The molecule has 0 aliphatic carbocycles. The third-order valence-corrected chi connectivity index (χ3v) is 7.39. The fraction of sp³-hybridized carbons (Fsp3) is 0.387. The highest BCUT2D eigenvalue weighted by molar-refractivity contribution is 5.88. The molecule has 0 bridgehead atoms. The molecule has 1 aliphatic heterocycles. The highest BCUT2D eigenvalue weighted by Gasteiger charge is 2.39. The minimum atomic E-state index is -0.629. The number of hydrogen-bond donors (Lipinski definition) is 3. The van der Waals surface area contributed by atoms with Crippen molar-refractivity contribution in [2.45, 2.75) is 58.0 Å². The Morgan fingerprint density at radius 2 is 1.61 bits per heavy atom. The third kappa shape index (κ3) is 6.67. The van der Waals surface area contributed by atoms with Crippen molar-refractivity contribution in [2.75, 3.05) is 18.9 Å². The Labute approximate surface area is 225 Å². The maximum atomic E-state index is 11.4. The predicted molar refractivity (Wildman–Crippen MR) is 147 cm³/mol. The van der Waals surface area contributed by atoms with Crippen molar-refractivity contribution >= 4 is 11.6 Å². The van der Waals surface area contributed by atoms with Crippen LogP contribution >= 0.6 is 0 Å². The fourth-order valence-corrected chi connectivity index (χ4v) is 4.87. The van der Waals surface area contributed by atoms with Gasteiger partial charge < -0.3 is 25.0 Å². The zero-order valence-electron chi connectivity index (χ0n) is 22.5. The molecule has 1 amide bonds. The first kappa shape index (κ1) is 28.0. The lowest BCUT2D eigenvalue weighted by atomic mass is 9.89. The molecule has 3 aromatic rings. The van der Waals surface area contributed by atoms with E-state index >= 15 is 0 Å². The van der Waals surface area contributed by atoms with Gasteiger partial charge in [0.2, 0.25) is 5.91 Å².